The number of nitrogens with zero attached hydrogens (tertiary/aromatic N) is 3. The fourth-order valence-electron chi connectivity index (χ4n) is 2.72. The number of halogens is 2. The van der Waals surface area contributed by atoms with Gasteiger partial charge in [0.1, 0.15) is 12.4 Å². The van der Waals surface area contributed by atoms with Crippen LogP contribution in [0.1, 0.15) is 6.92 Å². The molecule has 0 saturated heterocycles. The van der Waals surface area contributed by atoms with E-state index in [0.717, 1.165) is 21.5 Å². The van der Waals surface area contributed by atoms with Crippen molar-refractivity contribution in [2.75, 3.05) is 13.2 Å². The number of hydrogen-bond acceptors (Lipinski definition) is 6. The summed E-state index contributed by atoms with van der Waals surface area (Å²) in [6, 6.07) is 3.57. The molecule has 0 radical (unpaired) electrons. The Morgan fingerprint density at radius 2 is 2.22 bits per heavy atom. The molecular formula is C17H18Cl2N6O2. The monoisotopic (exact) mass is 408 g/mol. The lowest BCUT2D eigenvalue weighted by Gasteiger charge is -2.15. The Labute approximate surface area is 165 Å². The summed E-state index contributed by atoms with van der Waals surface area (Å²) in [5.41, 5.74) is 8.57. The molecule has 0 spiro atoms. The van der Waals surface area contributed by atoms with Crippen LogP contribution in [0.2, 0.25) is 10.0 Å². The number of fused-ring (bicyclic) bond motifs is 1. The van der Waals surface area contributed by atoms with E-state index in [1.165, 1.54) is 6.20 Å². The smallest absolute Gasteiger partial charge is 0.327 e. The number of carbonyl (C=O) groups excluding carboxylic acids is 1. The normalized spacial score (nSPS) is 11.8. The minimum Gasteiger partial charge on any atom is -0.465 e. The molecule has 0 aliphatic carbocycles. The van der Waals surface area contributed by atoms with Crippen LogP contribution < -0.4 is 11.6 Å². The van der Waals surface area contributed by atoms with Crippen molar-refractivity contribution in [1.82, 2.24) is 19.8 Å². The lowest BCUT2D eigenvalue weighted by molar-refractivity contribution is -0.143. The van der Waals surface area contributed by atoms with Crippen molar-refractivity contribution in [3.63, 3.8) is 0 Å². The van der Waals surface area contributed by atoms with Crippen molar-refractivity contribution in [3.8, 4) is 11.1 Å². The largest absolute Gasteiger partial charge is 0.465 e. The Morgan fingerprint density at radius 1 is 1.44 bits per heavy atom. The van der Waals surface area contributed by atoms with Crippen molar-refractivity contribution >= 4 is 45.9 Å². The van der Waals surface area contributed by atoms with Crippen molar-refractivity contribution in [2.24, 2.45) is 11.6 Å². The average Bonchev–Trinajstić information content (AvgIpc) is 3.25. The van der Waals surface area contributed by atoms with Crippen molar-refractivity contribution < 1.29 is 9.53 Å². The maximum atomic E-state index is 11.6. The van der Waals surface area contributed by atoms with Gasteiger partial charge in [0.2, 0.25) is 0 Å². The third-order valence-electron chi connectivity index (χ3n) is 3.86. The maximum absolute atomic E-state index is 11.6. The van der Waals surface area contributed by atoms with Gasteiger partial charge in [0.05, 0.1) is 34.6 Å². The molecule has 5 N–H and O–H groups in total. The van der Waals surface area contributed by atoms with Gasteiger partial charge < -0.3 is 15.5 Å². The predicted molar refractivity (Wildman–Crippen MR) is 106 cm³/mol. The second kappa shape index (κ2) is 7.91. The topological polar surface area (TPSA) is 115 Å². The van der Waals surface area contributed by atoms with E-state index < -0.39 is 5.97 Å². The summed E-state index contributed by atoms with van der Waals surface area (Å²) < 4.78 is 6.54. The summed E-state index contributed by atoms with van der Waals surface area (Å²) in [5, 5.41) is 9.50. The van der Waals surface area contributed by atoms with Gasteiger partial charge in [-0.3, -0.25) is 14.5 Å². The minimum absolute atomic E-state index is 0.142. The summed E-state index contributed by atoms with van der Waals surface area (Å²) >= 11 is 12.6. The summed E-state index contributed by atoms with van der Waals surface area (Å²) in [6.07, 6.45) is 6.68. The molecule has 3 rings (SSSR count). The highest BCUT2D eigenvalue weighted by Gasteiger charge is 2.17. The molecule has 2 heterocycles. The first-order chi connectivity index (χ1) is 12.9. The fourth-order valence-corrected chi connectivity index (χ4v) is 3.13. The summed E-state index contributed by atoms with van der Waals surface area (Å²) in [6.45, 7) is 1.85. The van der Waals surface area contributed by atoms with E-state index in [1.54, 1.807) is 30.0 Å². The van der Waals surface area contributed by atoms with E-state index in [1.807, 2.05) is 12.3 Å². The molecule has 3 aromatic rings. The molecule has 8 nitrogen and oxygen atoms in total. The van der Waals surface area contributed by atoms with E-state index in [2.05, 4.69) is 10.2 Å². The van der Waals surface area contributed by atoms with Crippen molar-refractivity contribution in [2.45, 2.75) is 6.92 Å². The Bertz CT molecular complexity index is 997. The van der Waals surface area contributed by atoms with Crippen molar-refractivity contribution in [1.29, 1.82) is 0 Å². The molecule has 0 aliphatic rings. The van der Waals surface area contributed by atoms with Crippen LogP contribution in [0.3, 0.4) is 0 Å². The number of H-pyrrole nitrogens is 1. The SMILES string of the molecule is CCOC(=O)CN(N)/C=C(\N)n1cc(-c2cn[nH]c2)c2ccc(Cl)c(Cl)c21. The average molecular weight is 409 g/mol. The van der Waals surface area contributed by atoms with E-state index in [9.17, 15) is 4.79 Å². The minimum atomic E-state index is -0.457. The Balaban J connectivity index is 2.07. The molecule has 0 saturated carbocycles. The van der Waals surface area contributed by atoms with Gasteiger partial charge in [-0.2, -0.15) is 5.10 Å². The van der Waals surface area contributed by atoms with Gasteiger partial charge in [-0.1, -0.05) is 29.3 Å². The Hall–Kier alpha value is -2.68. The second-order valence-electron chi connectivity index (χ2n) is 5.69. The van der Waals surface area contributed by atoms with Crippen LogP contribution in [0.5, 0.6) is 0 Å². The molecule has 10 heteroatoms. The highest BCUT2D eigenvalue weighted by molar-refractivity contribution is 6.45. The summed E-state index contributed by atoms with van der Waals surface area (Å²) in [5.74, 6) is 5.64. The van der Waals surface area contributed by atoms with Crippen LogP contribution in [-0.2, 0) is 9.53 Å². The number of nitrogens with one attached hydrogen (secondary N) is 1. The number of hydrazine groups is 1. The second-order valence-corrected chi connectivity index (χ2v) is 6.47. The molecule has 1 aromatic carbocycles. The highest BCUT2D eigenvalue weighted by atomic mass is 35.5. The number of aromatic nitrogens is 3. The molecule has 0 atom stereocenters. The van der Waals surface area contributed by atoms with Crippen LogP contribution in [0.15, 0.2) is 36.9 Å². The van der Waals surface area contributed by atoms with Gasteiger partial charge >= 0.3 is 5.97 Å². The molecular weight excluding hydrogens is 391 g/mol. The quantitative estimate of drug-likeness (QED) is 0.328. The fraction of sp³-hybridized carbons (Fsp3) is 0.176. The van der Waals surface area contributed by atoms with Crippen molar-refractivity contribution in [3.05, 3.63) is 47.0 Å². The van der Waals surface area contributed by atoms with Gasteiger partial charge in [-0.25, -0.2) is 5.84 Å². The first-order valence-corrected chi connectivity index (χ1v) is 8.80. The lowest BCUT2D eigenvalue weighted by atomic mass is 10.1. The van der Waals surface area contributed by atoms with E-state index >= 15 is 0 Å². The van der Waals surface area contributed by atoms with E-state index in [-0.39, 0.29) is 19.0 Å². The van der Waals surface area contributed by atoms with Crippen LogP contribution in [-0.4, -0.2) is 38.9 Å². The zero-order valence-corrected chi connectivity index (χ0v) is 16.0. The molecule has 0 unspecified atom stereocenters. The highest BCUT2D eigenvalue weighted by Crippen LogP contribution is 2.38. The molecule has 2 aromatic heterocycles. The van der Waals surface area contributed by atoms with Gasteiger partial charge in [0, 0.05) is 28.9 Å². The van der Waals surface area contributed by atoms with Gasteiger partial charge in [-0.05, 0) is 13.0 Å². The first kappa shape index (κ1) is 19.1. The summed E-state index contributed by atoms with van der Waals surface area (Å²) in [7, 11) is 0. The maximum Gasteiger partial charge on any atom is 0.327 e. The Kier molecular flexibility index (Phi) is 5.59. The number of carbonyl (C=O) groups is 1. The third-order valence-corrected chi connectivity index (χ3v) is 4.66. The molecule has 0 fully saturated rings. The standard InChI is InChI=1S/C17H18Cl2N6O2/c1-2-27-15(26)9-24(21)8-14(20)25-7-12(10-5-22-23-6-10)11-3-4-13(18)16(19)17(11)25/h3-8H,2,9,20-21H2,1H3,(H,22,23)/b14-8+. The van der Waals surface area contributed by atoms with Crippen LogP contribution in [0.25, 0.3) is 27.9 Å². The molecule has 142 valence electrons. The number of nitrogens with two attached hydrogens (primary N) is 2. The van der Waals surface area contributed by atoms with E-state index in [4.69, 9.17) is 39.5 Å². The van der Waals surface area contributed by atoms with Gasteiger partial charge in [0.15, 0.2) is 0 Å². The number of esters is 1. The molecule has 0 bridgehead atoms. The third kappa shape index (κ3) is 3.87. The zero-order valence-electron chi connectivity index (χ0n) is 14.4. The molecule has 27 heavy (non-hydrogen) atoms. The first-order valence-electron chi connectivity index (χ1n) is 8.05. The van der Waals surface area contributed by atoms with Crippen LogP contribution in [0.4, 0.5) is 0 Å². The number of aromatic amines is 1. The lowest BCUT2D eigenvalue weighted by Crippen LogP contribution is -2.33. The zero-order chi connectivity index (χ0) is 19.6. The number of hydrogen-bond donors (Lipinski definition) is 3. The predicted octanol–water partition coefficient (Wildman–Crippen LogP) is 2.79. The van der Waals surface area contributed by atoms with Gasteiger partial charge in [0.25, 0.3) is 0 Å². The van der Waals surface area contributed by atoms with Crippen LogP contribution in [0, 0.1) is 0 Å². The number of rotatable bonds is 6. The Morgan fingerprint density at radius 3 is 2.89 bits per heavy atom. The summed E-state index contributed by atoms with van der Waals surface area (Å²) in [4.78, 5) is 11.6. The molecule has 0 amide bonds. The van der Waals surface area contributed by atoms with Gasteiger partial charge in [-0.15, -0.1) is 0 Å². The van der Waals surface area contributed by atoms with Crippen LogP contribution >= 0.6 is 23.2 Å². The molecule has 0 aliphatic heterocycles. The van der Waals surface area contributed by atoms with E-state index in [0.29, 0.717) is 15.6 Å². The number of ether oxygens (including phenoxy) is 1. The number of benzene rings is 1.